The van der Waals surface area contributed by atoms with Gasteiger partial charge in [0, 0.05) is 19.6 Å². The monoisotopic (exact) mass is 271 g/mol. The zero-order chi connectivity index (χ0) is 14.4. The Hall–Kier alpha value is -1.47. The molecule has 1 rings (SSSR count). The van der Waals surface area contributed by atoms with Gasteiger partial charge in [-0.1, -0.05) is 0 Å². The van der Waals surface area contributed by atoms with Gasteiger partial charge in [-0.2, -0.15) is 0 Å². The molecule has 0 bridgehead atoms. The van der Waals surface area contributed by atoms with Crippen LogP contribution in [0.3, 0.4) is 0 Å². The summed E-state index contributed by atoms with van der Waals surface area (Å²) in [5, 5.41) is 5.41. The third kappa shape index (κ3) is 4.29. The van der Waals surface area contributed by atoms with Gasteiger partial charge in [-0.05, 0) is 20.9 Å². The van der Waals surface area contributed by atoms with Crippen molar-refractivity contribution in [1.29, 1.82) is 0 Å². The van der Waals surface area contributed by atoms with Crippen molar-refractivity contribution in [3.05, 3.63) is 0 Å². The Balaban J connectivity index is 2.38. The van der Waals surface area contributed by atoms with Crippen LogP contribution in [0.25, 0.3) is 0 Å². The van der Waals surface area contributed by atoms with Gasteiger partial charge < -0.3 is 15.4 Å². The maximum atomic E-state index is 11.8. The van der Waals surface area contributed by atoms with Gasteiger partial charge in [0.15, 0.2) is 0 Å². The average molecular weight is 271 g/mol. The van der Waals surface area contributed by atoms with Crippen LogP contribution in [0.15, 0.2) is 0 Å². The van der Waals surface area contributed by atoms with Crippen LogP contribution in [0, 0.1) is 0 Å². The van der Waals surface area contributed by atoms with Crippen LogP contribution in [0.4, 0.5) is 0 Å². The minimum atomic E-state index is -0.460. The second-order valence-corrected chi connectivity index (χ2v) is 4.34. The van der Waals surface area contributed by atoms with E-state index in [0.717, 1.165) is 4.90 Å². The SMILES string of the molecule is CCOC(C)NC(=O)CCN1C(=O)CC(NC)C1=O. The van der Waals surface area contributed by atoms with Crippen molar-refractivity contribution in [3.63, 3.8) is 0 Å². The first-order valence-electron chi connectivity index (χ1n) is 6.42. The number of likely N-dealkylation sites (N-methyl/N-ethyl adjacent to an activating group) is 1. The van der Waals surface area contributed by atoms with Crippen LogP contribution in [-0.4, -0.2) is 55.1 Å². The maximum Gasteiger partial charge on any atom is 0.246 e. The van der Waals surface area contributed by atoms with Gasteiger partial charge in [0.1, 0.15) is 6.23 Å². The van der Waals surface area contributed by atoms with Crippen LogP contribution < -0.4 is 10.6 Å². The van der Waals surface area contributed by atoms with E-state index in [1.54, 1.807) is 14.0 Å². The molecule has 108 valence electrons. The first-order chi connectivity index (χ1) is 8.99. The fraction of sp³-hybridized carbons (Fsp3) is 0.750. The van der Waals surface area contributed by atoms with Gasteiger partial charge in [-0.3, -0.25) is 19.3 Å². The van der Waals surface area contributed by atoms with Crippen molar-refractivity contribution in [2.24, 2.45) is 0 Å². The molecule has 0 aromatic rings. The number of ether oxygens (including phenoxy) is 1. The highest BCUT2D eigenvalue weighted by Crippen LogP contribution is 2.12. The van der Waals surface area contributed by atoms with Gasteiger partial charge >= 0.3 is 0 Å². The Labute approximate surface area is 112 Å². The van der Waals surface area contributed by atoms with Crippen molar-refractivity contribution in [2.75, 3.05) is 20.2 Å². The number of imide groups is 1. The number of hydrogen-bond donors (Lipinski definition) is 2. The summed E-state index contributed by atoms with van der Waals surface area (Å²) in [5.41, 5.74) is 0. The van der Waals surface area contributed by atoms with Crippen LogP contribution in [0.1, 0.15) is 26.7 Å². The van der Waals surface area contributed by atoms with E-state index in [-0.39, 0.29) is 43.3 Å². The minimum Gasteiger partial charge on any atom is -0.359 e. The van der Waals surface area contributed by atoms with Crippen LogP contribution >= 0.6 is 0 Å². The summed E-state index contributed by atoms with van der Waals surface area (Å²) in [6.45, 7) is 4.18. The van der Waals surface area contributed by atoms with Gasteiger partial charge in [0.2, 0.25) is 17.7 Å². The lowest BCUT2D eigenvalue weighted by Gasteiger charge is -2.16. The summed E-state index contributed by atoms with van der Waals surface area (Å²) in [6, 6.07) is -0.460. The minimum absolute atomic E-state index is 0.0886. The molecule has 1 heterocycles. The van der Waals surface area contributed by atoms with Crippen molar-refractivity contribution >= 4 is 17.7 Å². The Morgan fingerprint density at radius 2 is 2.21 bits per heavy atom. The standard InChI is InChI=1S/C12H21N3O4/c1-4-19-8(2)14-10(16)5-6-15-11(17)7-9(13-3)12(15)18/h8-9,13H,4-7H2,1-3H3,(H,14,16). The van der Waals surface area contributed by atoms with Crippen molar-refractivity contribution in [1.82, 2.24) is 15.5 Å². The quantitative estimate of drug-likeness (QED) is 0.468. The second kappa shape index (κ2) is 7.20. The molecule has 7 nitrogen and oxygen atoms in total. The van der Waals surface area contributed by atoms with Crippen molar-refractivity contribution in [3.8, 4) is 0 Å². The average Bonchev–Trinajstić information content (AvgIpc) is 2.62. The van der Waals surface area contributed by atoms with Gasteiger partial charge in [0.05, 0.1) is 12.5 Å². The highest BCUT2D eigenvalue weighted by Gasteiger charge is 2.37. The molecule has 2 atom stereocenters. The molecule has 1 fully saturated rings. The molecule has 1 aliphatic heterocycles. The number of nitrogens with one attached hydrogen (secondary N) is 2. The summed E-state index contributed by atoms with van der Waals surface area (Å²) >= 11 is 0. The molecule has 19 heavy (non-hydrogen) atoms. The molecule has 0 aromatic carbocycles. The number of rotatable bonds is 7. The maximum absolute atomic E-state index is 11.8. The smallest absolute Gasteiger partial charge is 0.246 e. The molecule has 3 amide bonds. The van der Waals surface area contributed by atoms with E-state index in [4.69, 9.17) is 4.74 Å². The summed E-state index contributed by atoms with van der Waals surface area (Å²) in [4.78, 5) is 36.1. The molecule has 0 aromatic heterocycles. The largest absolute Gasteiger partial charge is 0.359 e. The summed E-state index contributed by atoms with van der Waals surface area (Å²) in [7, 11) is 1.63. The van der Waals surface area contributed by atoms with E-state index >= 15 is 0 Å². The third-order valence-corrected chi connectivity index (χ3v) is 2.94. The van der Waals surface area contributed by atoms with E-state index in [9.17, 15) is 14.4 Å². The van der Waals surface area contributed by atoms with Gasteiger partial charge in [0.25, 0.3) is 0 Å². The molecule has 2 N–H and O–H groups in total. The van der Waals surface area contributed by atoms with Crippen LogP contribution in [-0.2, 0) is 19.1 Å². The lowest BCUT2D eigenvalue weighted by atomic mass is 10.2. The lowest BCUT2D eigenvalue weighted by Crippen LogP contribution is -2.40. The number of amides is 3. The highest BCUT2D eigenvalue weighted by molar-refractivity contribution is 6.05. The molecule has 0 saturated carbocycles. The first-order valence-corrected chi connectivity index (χ1v) is 6.42. The van der Waals surface area contributed by atoms with Crippen LogP contribution in [0.5, 0.6) is 0 Å². The number of hydrogen-bond acceptors (Lipinski definition) is 5. The molecule has 7 heteroatoms. The van der Waals surface area contributed by atoms with Crippen molar-refractivity contribution < 1.29 is 19.1 Å². The molecular weight excluding hydrogens is 250 g/mol. The van der Waals surface area contributed by atoms with Gasteiger partial charge in [-0.25, -0.2) is 0 Å². The van der Waals surface area contributed by atoms with E-state index < -0.39 is 6.04 Å². The molecule has 0 radical (unpaired) electrons. The predicted molar refractivity (Wildman–Crippen MR) is 68.0 cm³/mol. The Morgan fingerprint density at radius 3 is 2.74 bits per heavy atom. The Kier molecular flexibility index (Phi) is 5.91. The lowest BCUT2D eigenvalue weighted by molar-refractivity contribution is -0.139. The number of likely N-dealkylation sites (tertiary alicyclic amines) is 1. The topological polar surface area (TPSA) is 87.7 Å². The first kappa shape index (κ1) is 15.6. The summed E-state index contributed by atoms with van der Waals surface area (Å²) in [6.07, 6.45) is -0.120. The summed E-state index contributed by atoms with van der Waals surface area (Å²) < 4.78 is 5.17. The fourth-order valence-corrected chi connectivity index (χ4v) is 1.95. The highest BCUT2D eigenvalue weighted by atomic mass is 16.5. The van der Waals surface area contributed by atoms with E-state index in [0.29, 0.717) is 6.61 Å². The predicted octanol–water partition coefficient (Wildman–Crippen LogP) is -0.778. The van der Waals surface area contributed by atoms with E-state index in [1.807, 2.05) is 6.92 Å². The fourth-order valence-electron chi connectivity index (χ4n) is 1.95. The molecule has 0 spiro atoms. The molecule has 0 aliphatic carbocycles. The van der Waals surface area contributed by atoms with Crippen LogP contribution in [0.2, 0.25) is 0 Å². The number of nitrogens with zero attached hydrogens (tertiary/aromatic N) is 1. The Bertz CT molecular complexity index is 359. The Morgan fingerprint density at radius 1 is 1.53 bits per heavy atom. The molecular formula is C12H21N3O4. The molecule has 1 saturated heterocycles. The molecule has 1 aliphatic rings. The second-order valence-electron chi connectivity index (χ2n) is 4.34. The summed E-state index contributed by atoms with van der Waals surface area (Å²) in [5.74, 6) is -0.748. The molecule has 2 unspecified atom stereocenters. The van der Waals surface area contributed by atoms with E-state index in [2.05, 4.69) is 10.6 Å². The number of carbonyl (C=O) groups excluding carboxylic acids is 3. The van der Waals surface area contributed by atoms with Gasteiger partial charge in [-0.15, -0.1) is 0 Å². The third-order valence-electron chi connectivity index (χ3n) is 2.94. The number of carbonyl (C=O) groups is 3. The normalized spacial score (nSPS) is 20.8. The van der Waals surface area contributed by atoms with E-state index in [1.165, 1.54) is 0 Å². The van der Waals surface area contributed by atoms with Crippen molar-refractivity contribution in [2.45, 2.75) is 39.0 Å². The zero-order valence-electron chi connectivity index (χ0n) is 11.6. The zero-order valence-corrected chi connectivity index (χ0v) is 11.6.